The van der Waals surface area contributed by atoms with Crippen molar-refractivity contribution in [2.75, 3.05) is 19.3 Å². The van der Waals surface area contributed by atoms with Gasteiger partial charge in [-0.2, -0.15) is 5.10 Å². The Morgan fingerprint density at radius 2 is 2.04 bits per heavy atom. The fourth-order valence-corrected chi connectivity index (χ4v) is 4.59. The van der Waals surface area contributed by atoms with Crippen molar-refractivity contribution in [2.24, 2.45) is 0 Å². The van der Waals surface area contributed by atoms with Crippen molar-refractivity contribution < 1.29 is 13.2 Å². The molecule has 1 aliphatic rings. The molecule has 0 radical (unpaired) electrons. The highest BCUT2D eigenvalue weighted by Gasteiger charge is 2.28. The Bertz CT molecular complexity index is 934. The zero-order valence-corrected chi connectivity index (χ0v) is 17.0. The van der Waals surface area contributed by atoms with E-state index in [9.17, 15) is 13.2 Å². The molecule has 146 valence electrons. The number of hydrogen-bond acceptors (Lipinski definition) is 5. The van der Waals surface area contributed by atoms with Gasteiger partial charge in [-0.3, -0.25) is 14.5 Å². The van der Waals surface area contributed by atoms with Gasteiger partial charge in [-0.1, -0.05) is 11.6 Å². The molecule has 0 atom stereocenters. The number of carbonyl (C=O) groups excluding carboxylic acids is 1. The minimum absolute atomic E-state index is 0.00408. The van der Waals surface area contributed by atoms with E-state index in [4.69, 9.17) is 11.6 Å². The van der Waals surface area contributed by atoms with Gasteiger partial charge in [-0.05, 0) is 31.9 Å². The summed E-state index contributed by atoms with van der Waals surface area (Å²) in [7, 11) is -3.41. The van der Waals surface area contributed by atoms with Crippen LogP contribution in [0.15, 0.2) is 29.4 Å². The Labute approximate surface area is 164 Å². The Kier molecular flexibility index (Phi) is 5.86. The van der Waals surface area contributed by atoms with Crippen LogP contribution in [0.1, 0.15) is 36.6 Å². The minimum atomic E-state index is -3.41. The van der Waals surface area contributed by atoms with Crippen molar-refractivity contribution in [3.63, 3.8) is 0 Å². The zero-order valence-electron chi connectivity index (χ0n) is 15.4. The molecule has 0 N–H and O–H groups in total. The molecule has 1 amide bonds. The number of halogens is 1. The van der Waals surface area contributed by atoms with Crippen molar-refractivity contribution in [3.8, 4) is 0 Å². The van der Waals surface area contributed by atoms with Gasteiger partial charge in [0, 0.05) is 56.3 Å². The summed E-state index contributed by atoms with van der Waals surface area (Å²) in [5, 5.41) is 4.50. The first-order chi connectivity index (χ1) is 12.8. The maximum absolute atomic E-state index is 12.5. The average Bonchev–Trinajstić information content (AvgIpc) is 3.04. The molecule has 2 aromatic heterocycles. The van der Waals surface area contributed by atoms with Gasteiger partial charge in [-0.15, -0.1) is 0 Å². The van der Waals surface area contributed by atoms with Gasteiger partial charge in [0.05, 0.1) is 15.6 Å². The normalized spacial score (nSPS) is 15.9. The van der Waals surface area contributed by atoms with Crippen LogP contribution in [0.25, 0.3) is 0 Å². The number of carbonyl (C=O) groups is 1. The van der Waals surface area contributed by atoms with E-state index in [0.717, 1.165) is 5.69 Å². The number of rotatable bonds is 5. The summed E-state index contributed by atoms with van der Waals surface area (Å²) in [5.41, 5.74) is 1.59. The maximum Gasteiger partial charge on any atom is 0.224 e. The lowest BCUT2D eigenvalue weighted by molar-refractivity contribution is -0.132. The first kappa shape index (κ1) is 19.8. The number of amides is 1. The monoisotopic (exact) mass is 410 g/mol. The SMILES string of the molecule is Cc1ccnn1CCC(=O)N1CCC(c2ncc(Cl)cc2S(C)(=O)=O)CC1. The number of aromatic nitrogens is 3. The van der Waals surface area contributed by atoms with Gasteiger partial charge in [-0.25, -0.2) is 8.42 Å². The Hall–Kier alpha value is -1.93. The Morgan fingerprint density at radius 1 is 1.33 bits per heavy atom. The third kappa shape index (κ3) is 4.68. The van der Waals surface area contributed by atoms with E-state index >= 15 is 0 Å². The molecule has 9 heteroatoms. The van der Waals surface area contributed by atoms with Crippen molar-refractivity contribution >= 4 is 27.3 Å². The number of pyridine rings is 1. The first-order valence-electron chi connectivity index (χ1n) is 8.87. The van der Waals surface area contributed by atoms with Crippen LogP contribution in [0, 0.1) is 6.92 Å². The molecule has 7 nitrogen and oxygen atoms in total. The van der Waals surface area contributed by atoms with Crippen LogP contribution in [0.2, 0.25) is 5.02 Å². The van der Waals surface area contributed by atoms with E-state index in [1.807, 2.05) is 22.6 Å². The molecule has 0 unspecified atom stereocenters. The zero-order chi connectivity index (χ0) is 19.6. The maximum atomic E-state index is 12.5. The second-order valence-electron chi connectivity index (χ2n) is 6.91. The summed E-state index contributed by atoms with van der Waals surface area (Å²) >= 11 is 5.93. The van der Waals surface area contributed by atoms with Gasteiger partial charge in [0.15, 0.2) is 9.84 Å². The van der Waals surface area contributed by atoms with Crippen LogP contribution in [-0.4, -0.2) is 53.3 Å². The minimum Gasteiger partial charge on any atom is -0.343 e. The van der Waals surface area contributed by atoms with Crippen molar-refractivity contribution in [1.29, 1.82) is 0 Å². The van der Waals surface area contributed by atoms with Gasteiger partial charge in [0.1, 0.15) is 0 Å². The van der Waals surface area contributed by atoms with E-state index < -0.39 is 9.84 Å². The molecular formula is C18H23ClN4O3S. The van der Waals surface area contributed by atoms with Crippen LogP contribution in [0.5, 0.6) is 0 Å². The number of nitrogens with zero attached hydrogens (tertiary/aromatic N) is 4. The molecule has 0 bridgehead atoms. The number of likely N-dealkylation sites (tertiary alicyclic amines) is 1. The second kappa shape index (κ2) is 7.98. The summed E-state index contributed by atoms with van der Waals surface area (Å²) in [6.07, 6.45) is 6.15. The second-order valence-corrected chi connectivity index (χ2v) is 9.33. The molecular weight excluding hydrogens is 388 g/mol. The molecule has 3 heterocycles. The molecule has 1 aliphatic heterocycles. The topological polar surface area (TPSA) is 85.2 Å². The molecule has 0 aromatic carbocycles. The summed E-state index contributed by atoms with van der Waals surface area (Å²) in [5.74, 6) is 0.0974. The van der Waals surface area contributed by atoms with Crippen LogP contribution < -0.4 is 0 Å². The van der Waals surface area contributed by atoms with E-state index in [2.05, 4.69) is 10.1 Å². The molecule has 1 saturated heterocycles. The van der Waals surface area contributed by atoms with Crippen LogP contribution in [-0.2, 0) is 21.2 Å². The van der Waals surface area contributed by atoms with Crippen molar-refractivity contribution in [1.82, 2.24) is 19.7 Å². The number of sulfone groups is 1. The fourth-order valence-electron chi connectivity index (χ4n) is 3.43. The summed E-state index contributed by atoms with van der Waals surface area (Å²) in [6.45, 7) is 3.71. The van der Waals surface area contributed by atoms with E-state index in [0.29, 0.717) is 49.6 Å². The first-order valence-corrected chi connectivity index (χ1v) is 11.1. The Balaban J connectivity index is 1.62. The van der Waals surface area contributed by atoms with Crippen LogP contribution in [0.4, 0.5) is 0 Å². The predicted octanol–water partition coefficient (Wildman–Crippen LogP) is 2.44. The predicted molar refractivity (Wildman–Crippen MR) is 102 cm³/mol. The van der Waals surface area contributed by atoms with Gasteiger partial charge < -0.3 is 4.90 Å². The third-order valence-electron chi connectivity index (χ3n) is 4.95. The summed E-state index contributed by atoms with van der Waals surface area (Å²) < 4.78 is 26.0. The highest BCUT2D eigenvalue weighted by Crippen LogP contribution is 2.32. The highest BCUT2D eigenvalue weighted by atomic mass is 35.5. The standard InChI is InChI=1S/C18H23ClN4O3S/c1-13-3-7-21-23(13)10-6-17(24)22-8-4-14(5-9-22)18-16(27(2,25)26)11-15(19)12-20-18/h3,7,11-12,14H,4-6,8-10H2,1-2H3. The van der Waals surface area contributed by atoms with Crippen LogP contribution in [0.3, 0.4) is 0 Å². The van der Waals surface area contributed by atoms with E-state index in [1.165, 1.54) is 18.5 Å². The molecule has 0 aliphatic carbocycles. The molecule has 1 fully saturated rings. The van der Waals surface area contributed by atoms with Gasteiger partial charge in [0.25, 0.3) is 0 Å². The molecule has 27 heavy (non-hydrogen) atoms. The molecule has 3 rings (SSSR count). The largest absolute Gasteiger partial charge is 0.343 e. The molecule has 2 aromatic rings. The average molecular weight is 411 g/mol. The smallest absolute Gasteiger partial charge is 0.224 e. The lowest BCUT2D eigenvalue weighted by atomic mass is 9.93. The van der Waals surface area contributed by atoms with Gasteiger partial charge >= 0.3 is 0 Å². The van der Waals surface area contributed by atoms with E-state index in [1.54, 1.807) is 6.20 Å². The lowest BCUT2D eigenvalue weighted by Crippen LogP contribution is -2.38. The lowest BCUT2D eigenvalue weighted by Gasteiger charge is -2.32. The molecule has 0 spiro atoms. The van der Waals surface area contributed by atoms with Gasteiger partial charge in [0.2, 0.25) is 5.91 Å². The highest BCUT2D eigenvalue weighted by molar-refractivity contribution is 7.90. The summed E-state index contributed by atoms with van der Waals surface area (Å²) in [6, 6.07) is 3.37. The van der Waals surface area contributed by atoms with Crippen molar-refractivity contribution in [3.05, 3.63) is 40.9 Å². The number of aryl methyl sites for hydroxylation is 2. The number of piperidine rings is 1. The molecule has 0 saturated carbocycles. The Morgan fingerprint density at radius 3 is 2.63 bits per heavy atom. The van der Waals surface area contributed by atoms with Crippen molar-refractivity contribution in [2.45, 2.75) is 43.5 Å². The number of hydrogen-bond donors (Lipinski definition) is 0. The van der Waals surface area contributed by atoms with E-state index in [-0.39, 0.29) is 16.7 Å². The summed E-state index contributed by atoms with van der Waals surface area (Å²) in [4.78, 5) is 18.8. The third-order valence-corrected chi connectivity index (χ3v) is 6.28. The quantitative estimate of drug-likeness (QED) is 0.755. The fraction of sp³-hybridized carbons (Fsp3) is 0.500. The van der Waals surface area contributed by atoms with Crippen LogP contribution >= 0.6 is 11.6 Å².